The highest BCUT2D eigenvalue weighted by molar-refractivity contribution is 7.13. The molecule has 1 unspecified atom stereocenters. The Bertz CT molecular complexity index is 321. The molecule has 6 heteroatoms. The van der Waals surface area contributed by atoms with Crippen LogP contribution in [-0.4, -0.2) is 47.4 Å². The van der Waals surface area contributed by atoms with Crippen LogP contribution in [0.15, 0.2) is 5.38 Å². The largest absolute Gasteiger partial charge is 0.394 e. The number of morpholine rings is 1. The minimum atomic E-state index is -0.0622. The Kier molecular flexibility index (Phi) is 3.93. The molecular weight excluding hydrogens is 236 g/mol. The van der Waals surface area contributed by atoms with Gasteiger partial charge in [-0.15, -0.1) is 11.3 Å². The van der Waals surface area contributed by atoms with Crippen LogP contribution in [0.1, 0.15) is 5.69 Å². The zero-order valence-electron chi connectivity index (χ0n) is 8.23. The van der Waals surface area contributed by atoms with Crippen molar-refractivity contribution in [3.8, 4) is 0 Å². The summed E-state index contributed by atoms with van der Waals surface area (Å²) in [6.45, 7) is 3.16. The van der Waals surface area contributed by atoms with Crippen molar-refractivity contribution >= 4 is 22.9 Å². The van der Waals surface area contributed by atoms with E-state index in [0.717, 1.165) is 25.3 Å². The van der Waals surface area contributed by atoms with E-state index in [-0.39, 0.29) is 12.7 Å². The molecular formula is C9H13ClN2O2S. The monoisotopic (exact) mass is 248 g/mol. The Labute approximate surface area is 97.4 Å². The molecule has 1 aliphatic heterocycles. The van der Waals surface area contributed by atoms with Gasteiger partial charge in [-0.05, 0) is 0 Å². The average molecular weight is 249 g/mol. The molecule has 1 N–H and O–H groups in total. The number of thiazole rings is 1. The summed E-state index contributed by atoms with van der Waals surface area (Å²) in [5.74, 6) is 0. The number of nitrogens with zero attached hydrogens (tertiary/aromatic N) is 2. The maximum Gasteiger partial charge on any atom is 0.183 e. The van der Waals surface area contributed by atoms with Gasteiger partial charge in [0, 0.05) is 25.0 Å². The lowest BCUT2D eigenvalue weighted by Gasteiger charge is -2.31. The Morgan fingerprint density at radius 1 is 1.73 bits per heavy atom. The van der Waals surface area contributed by atoms with Gasteiger partial charge in [0.1, 0.15) is 0 Å². The Morgan fingerprint density at radius 2 is 2.60 bits per heavy atom. The predicted octanol–water partition coefficient (Wildman–Crippen LogP) is 0.990. The van der Waals surface area contributed by atoms with Crippen molar-refractivity contribution in [2.45, 2.75) is 12.6 Å². The van der Waals surface area contributed by atoms with Gasteiger partial charge in [0.25, 0.3) is 0 Å². The normalized spacial score (nSPS) is 23.2. The topological polar surface area (TPSA) is 45.6 Å². The van der Waals surface area contributed by atoms with Gasteiger partial charge in [-0.2, -0.15) is 0 Å². The molecule has 0 spiro atoms. The third-order valence-corrected chi connectivity index (χ3v) is 3.36. The lowest BCUT2D eigenvalue weighted by Crippen LogP contribution is -2.43. The van der Waals surface area contributed by atoms with E-state index in [9.17, 15) is 0 Å². The zero-order chi connectivity index (χ0) is 10.7. The summed E-state index contributed by atoms with van der Waals surface area (Å²) in [5.41, 5.74) is 0.989. The van der Waals surface area contributed by atoms with Crippen LogP contribution >= 0.6 is 22.9 Å². The van der Waals surface area contributed by atoms with Crippen molar-refractivity contribution in [2.24, 2.45) is 0 Å². The maximum absolute atomic E-state index is 8.99. The molecule has 0 radical (unpaired) electrons. The van der Waals surface area contributed by atoms with Crippen molar-refractivity contribution in [1.82, 2.24) is 9.88 Å². The first kappa shape index (κ1) is 11.3. The highest BCUT2D eigenvalue weighted by Gasteiger charge is 2.20. The number of hydrogen-bond donors (Lipinski definition) is 1. The number of ether oxygens (including phenoxy) is 1. The summed E-state index contributed by atoms with van der Waals surface area (Å²) in [6.07, 6.45) is -0.0622. The Balaban J connectivity index is 1.88. The number of rotatable bonds is 3. The van der Waals surface area contributed by atoms with Crippen LogP contribution < -0.4 is 0 Å². The van der Waals surface area contributed by atoms with Crippen LogP contribution in [0.2, 0.25) is 4.47 Å². The van der Waals surface area contributed by atoms with Gasteiger partial charge < -0.3 is 9.84 Å². The summed E-state index contributed by atoms with van der Waals surface area (Å²) in [5, 5.41) is 11.0. The smallest absolute Gasteiger partial charge is 0.183 e. The van der Waals surface area contributed by atoms with Crippen molar-refractivity contribution in [3.05, 3.63) is 15.5 Å². The minimum Gasteiger partial charge on any atom is -0.394 e. The van der Waals surface area contributed by atoms with Crippen molar-refractivity contribution in [2.75, 3.05) is 26.3 Å². The predicted molar refractivity (Wildman–Crippen MR) is 59.2 cm³/mol. The summed E-state index contributed by atoms with van der Waals surface area (Å²) in [6, 6.07) is 0. The molecule has 1 aliphatic rings. The molecule has 1 saturated heterocycles. The molecule has 1 aromatic rings. The molecule has 2 heterocycles. The number of aliphatic hydroxyl groups excluding tert-OH is 1. The van der Waals surface area contributed by atoms with E-state index < -0.39 is 0 Å². The first-order valence-corrected chi connectivity index (χ1v) is 6.08. The fourth-order valence-corrected chi connectivity index (χ4v) is 2.39. The number of aliphatic hydroxyl groups is 1. The van der Waals surface area contributed by atoms with Gasteiger partial charge in [0.15, 0.2) is 4.47 Å². The van der Waals surface area contributed by atoms with Crippen LogP contribution in [0.4, 0.5) is 0 Å². The second-order valence-corrected chi connectivity index (χ2v) is 4.94. The van der Waals surface area contributed by atoms with E-state index in [1.54, 1.807) is 0 Å². The summed E-state index contributed by atoms with van der Waals surface area (Å²) >= 11 is 7.20. The molecule has 1 atom stereocenters. The van der Waals surface area contributed by atoms with Crippen molar-refractivity contribution in [3.63, 3.8) is 0 Å². The van der Waals surface area contributed by atoms with Gasteiger partial charge in [0.05, 0.1) is 25.0 Å². The molecule has 1 fully saturated rings. The number of hydrogen-bond acceptors (Lipinski definition) is 5. The highest BCUT2D eigenvalue weighted by Crippen LogP contribution is 2.17. The van der Waals surface area contributed by atoms with Gasteiger partial charge in [0.2, 0.25) is 0 Å². The Hall–Kier alpha value is -0.200. The first-order chi connectivity index (χ1) is 7.28. The molecule has 84 valence electrons. The van der Waals surface area contributed by atoms with Gasteiger partial charge >= 0.3 is 0 Å². The van der Waals surface area contributed by atoms with Crippen molar-refractivity contribution < 1.29 is 9.84 Å². The molecule has 0 aromatic carbocycles. The zero-order valence-corrected chi connectivity index (χ0v) is 9.80. The first-order valence-electron chi connectivity index (χ1n) is 4.82. The summed E-state index contributed by atoms with van der Waals surface area (Å²) in [4.78, 5) is 6.41. The molecule has 0 saturated carbocycles. The lowest BCUT2D eigenvalue weighted by molar-refractivity contribution is -0.0553. The highest BCUT2D eigenvalue weighted by atomic mass is 35.5. The SMILES string of the molecule is OCC1CN(Cc2csc(Cl)n2)CCO1. The standard InChI is InChI=1S/C9H13ClN2O2S/c10-9-11-7(6-15-9)3-12-1-2-14-8(4-12)5-13/h6,8,13H,1-5H2. The second-order valence-electron chi connectivity index (χ2n) is 3.50. The van der Waals surface area contributed by atoms with Gasteiger partial charge in [-0.1, -0.05) is 11.6 Å². The quantitative estimate of drug-likeness (QED) is 0.867. The third kappa shape index (κ3) is 3.12. The van der Waals surface area contributed by atoms with Crippen LogP contribution in [0.25, 0.3) is 0 Å². The lowest BCUT2D eigenvalue weighted by atomic mass is 10.2. The molecule has 15 heavy (non-hydrogen) atoms. The van der Waals surface area contributed by atoms with E-state index in [1.807, 2.05) is 5.38 Å². The second kappa shape index (κ2) is 5.23. The van der Waals surface area contributed by atoms with Crippen LogP contribution in [0.3, 0.4) is 0 Å². The summed E-state index contributed by atoms with van der Waals surface area (Å²) < 4.78 is 5.95. The van der Waals surface area contributed by atoms with E-state index >= 15 is 0 Å². The Morgan fingerprint density at radius 3 is 3.27 bits per heavy atom. The third-order valence-electron chi connectivity index (χ3n) is 2.34. The van der Waals surface area contributed by atoms with Crippen LogP contribution in [0, 0.1) is 0 Å². The number of aromatic nitrogens is 1. The summed E-state index contributed by atoms with van der Waals surface area (Å²) in [7, 11) is 0. The van der Waals surface area contributed by atoms with E-state index in [4.69, 9.17) is 21.4 Å². The molecule has 4 nitrogen and oxygen atoms in total. The van der Waals surface area contributed by atoms with Crippen LogP contribution in [0.5, 0.6) is 0 Å². The average Bonchev–Trinajstić information content (AvgIpc) is 2.64. The molecule has 0 bridgehead atoms. The fraction of sp³-hybridized carbons (Fsp3) is 0.667. The molecule has 2 rings (SSSR count). The van der Waals surface area contributed by atoms with E-state index in [1.165, 1.54) is 11.3 Å². The van der Waals surface area contributed by atoms with Crippen molar-refractivity contribution in [1.29, 1.82) is 0 Å². The van der Waals surface area contributed by atoms with Crippen LogP contribution in [-0.2, 0) is 11.3 Å². The van der Waals surface area contributed by atoms with E-state index in [0.29, 0.717) is 11.1 Å². The molecule has 0 aliphatic carbocycles. The maximum atomic E-state index is 8.99. The van der Waals surface area contributed by atoms with E-state index in [2.05, 4.69) is 9.88 Å². The number of halogens is 1. The van der Waals surface area contributed by atoms with Gasteiger partial charge in [-0.25, -0.2) is 4.98 Å². The molecule has 0 amide bonds. The fourth-order valence-electron chi connectivity index (χ4n) is 1.62. The van der Waals surface area contributed by atoms with Gasteiger partial charge in [-0.3, -0.25) is 4.90 Å². The minimum absolute atomic E-state index is 0.0622. The molecule has 1 aromatic heterocycles.